The normalized spacial score (nSPS) is 11.6. The summed E-state index contributed by atoms with van der Waals surface area (Å²) in [5.74, 6) is 0. The van der Waals surface area contributed by atoms with Gasteiger partial charge in [-0.3, -0.25) is 0 Å². The molecule has 27 rings (SSSR count). The van der Waals surface area contributed by atoms with Crippen molar-refractivity contribution >= 4 is 160 Å². The summed E-state index contributed by atoms with van der Waals surface area (Å²) in [7, 11) is 0. The molecule has 0 spiro atoms. The maximum atomic E-state index is 6.59. The number of furan rings is 3. The number of benzene rings is 21. The number of rotatable bonds is 12. The molecule has 0 saturated carbocycles. The minimum absolute atomic E-state index is 0.872. The summed E-state index contributed by atoms with van der Waals surface area (Å²) < 4.78 is 27.5. The average molecular weight is 1740 g/mol. The fourth-order valence-electron chi connectivity index (χ4n) is 19.6. The Bertz CT molecular complexity index is 9120. The molecule has 0 aliphatic carbocycles. The van der Waals surface area contributed by atoms with Crippen LogP contribution in [-0.2, 0) is 0 Å². The van der Waals surface area contributed by atoms with Crippen LogP contribution < -0.4 is 0 Å². The fourth-order valence-corrected chi connectivity index (χ4v) is 23.2. The molecule has 21 aromatic carbocycles. The van der Waals surface area contributed by atoms with Crippen molar-refractivity contribution in [2.24, 2.45) is 0 Å². The van der Waals surface area contributed by atoms with E-state index in [4.69, 9.17) is 13.3 Å². The summed E-state index contributed by atoms with van der Waals surface area (Å²) in [5, 5.41) is 14.6. The molecule has 6 heterocycles. The number of fused-ring (bicyclic) bond motifs is 18. The molecule has 6 heteroatoms. The molecule has 27 aromatic rings. The van der Waals surface area contributed by atoms with Crippen LogP contribution in [0.25, 0.3) is 260 Å². The lowest BCUT2D eigenvalue weighted by Crippen LogP contribution is -1.87. The van der Waals surface area contributed by atoms with Gasteiger partial charge in [0.1, 0.15) is 33.5 Å². The van der Waals surface area contributed by atoms with Crippen molar-refractivity contribution in [1.29, 1.82) is 0 Å². The molecule has 618 valence electrons. The maximum absolute atomic E-state index is 6.59. The number of thiophene rings is 3. The molecule has 3 nitrogen and oxygen atoms in total. The van der Waals surface area contributed by atoms with E-state index in [0.717, 1.165) is 93.6 Å². The van der Waals surface area contributed by atoms with Crippen molar-refractivity contribution in [2.75, 3.05) is 0 Å². The van der Waals surface area contributed by atoms with E-state index in [9.17, 15) is 0 Å². The molecule has 0 aliphatic rings. The molecule has 6 aromatic heterocycles. The van der Waals surface area contributed by atoms with Crippen LogP contribution in [0.5, 0.6) is 0 Å². The van der Waals surface area contributed by atoms with Gasteiger partial charge < -0.3 is 13.3 Å². The number of hydrogen-bond acceptors (Lipinski definition) is 6. The topological polar surface area (TPSA) is 39.4 Å². The lowest BCUT2D eigenvalue weighted by atomic mass is 9.92. The van der Waals surface area contributed by atoms with Crippen LogP contribution in [0.3, 0.4) is 0 Å². The van der Waals surface area contributed by atoms with Crippen LogP contribution in [0.4, 0.5) is 0 Å². The Labute approximate surface area is 774 Å². The largest absolute Gasteiger partial charge is 0.455 e. The summed E-state index contributed by atoms with van der Waals surface area (Å²) in [4.78, 5) is 0. The maximum Gasteiger partial charge on any atom is 0.143 e. The van der Waals surface area contributed by atoms with E-state index in [1.165, 1.54) is 166 Å². The van der Waals surface area contributed by atoms with Crippen molar-refractivity contribution in [2.45, 2.75) is 0 Å². The highest BCUT2D eigenvalue weighted by Crippen LogP contribution is 2.50. The van der Waals surface area contributed by atoms with Gasteiger partial charge in [-0.15, -0.1) is 34.0 Å². The predicted octanol–water partition coefficient (Wildman–Crippen LogP) is 37.9. The Morgan fingerprint density at radius 1 is 0.121 bits per heavy atom. The highest BCUT2D eigenvalue weighted by Gasteiger charge is 2.24. The van der Waals surface area contributed by atoms with Gasteiger partial charge in [-0.05, 0) is 197 Å². The standard InChI is InChI=1S/C42H26O2.C42H26OS.C42H26S2/c1-2-10-27(11-3-1)30-12-8-13-31(24-30)28-20-22-29(23-21-28)32-25-37-34-15-5-7-19-40(34)44-42(37)38(26-32)36-17-9-16-35-33-14-4-6-18-39(33)43-41(35)36;1-2-11-28(12-3-1)31-13-4-5-14-32(31)29-23-21-27(22-24-29)30-25-37-33-15-6-8-19-39(33)43-41(37)38(26-30)36-18-10-17-35-34-16-7-9-20-40(34)44-42(35)36;1-2-9-27(10-3-1)28-17-19-29(20-18-28)30-11-8-12-31(23-30)33-24-37(42-38(25-33)35-14-5-7-16-40(35)44-42)32-21-22-36-34-13-4-6-15-39(34)43-41(36)26-32/h3*1-26H. The minimum Gasteiger partial charge on any atom is -0.455 e. The fraction of sp³-hybridized carbons (Fsp3) is 0. The molecule has 0 N–H and O–H groups in total. The van der Waals surface area contributed by atoms with Crippen LogP contribution in [0.2, 0.25) is 0 Å². The highest BCUT2D eigenvalue weighted by molar-refractivity contribution is 7.27. The summed E-state index contributed by atoms with van der Waals surface area (Å²) in [5.41, 5.74) is 34.1. The van der Waals surface area contributed by atoms with Crippen LogP contribution in [0.15, 0.2) is 486 Å². The average Bonchev–Trinajstić information content (AvgIpc) is 1.58. The van der Waals surface area contributed by atoms with E-state index in [-0.39, 0.29) is 0 Å². The lowest BCUT2D eigenvalue weighted by molar-refractivity contribution is 0.665. The first kappa shape index (κ1) is 78.0. The van der Waals surface area contributed by atoms with Crippen LogP contribution in [-0.4, -0.2) is 0 Å². The van der Waals surface area contributed by atoms with Crippen molar-refractivity contribution in [3.05, 3.63) is 473 Å². The number of hydrogen-bond donors (Lipinski definition) is 0. The number of para-hydroxylation sites is 4. The second kappa shape index (κ2) is 33.1. The van der Waals surface area contributed by atoms with Gasteiger partial charge in [0, 0.05) is 121 Å². The van der Waals surface area contributed by atoms with Crippen molar-refractivity contribution in [3.63, 3.8) is 0 Å². The molecule has 132 heavy (non-hydrogen) atoms. The first-order valence-corrected chi connectivity index (χ1v) is 47.2. The second-order valence-electron chi connectivity index (χ2n) is 33.9. The van der Waals surface area contributed by atoms with Gasteiger partial charge >= 0.3 is 0 Å². The molecule has 0 fully saturated rings. The molecule has 0 radical (unpaired) electrons. The third kappa shape index (κ3) is 14.1. The Balaban J connectivity index is 0.000000106. The zero-order valence-electron chi connectivity index (χ0n) is 71.5. The van der Waals surface area contributed by atoms with Crippen molar-refractivity contribution in [1.82, 2.24) is 0 Å². The van der Waals surface area contributed by atoms with E-state index in [1.54, 1.807) is 0 Å². The summed E-state index contributed by atoms with van der Waals surface area (Å²) >= 11 is 5.64. The predicted molar refractivity (Wildman–Crippen MR) is 565 cm³/mol. The van der Waals surface area contributed by atoms with Crippen molar-refractivity contribution in [3.8, 4) is 134 Å². The minimum atomic E-state index is 0.872. The van der Waals surface area contributed by atoms with E-state index in [1.807, 2.05) is 64.3 Å². The Kier molecular flexibility index (Phi) is 19.5. The van der Waals surface area contributed by atoms with Gasteiger partial charge in [0.15, 0.2) is 0 Å². The van der Waals surface area contributed by atoms with Crippen LogP contribution in [0.1, 0.15) is 0 Å². The van der Waals surface area contributed by atoms with Gasteiger partial charge in [-0.2, -0.15) is 0 Å². The monoisotopic (exact) mass is 1730 g/mol. The quantitative estimate of drug-likeness (QED) is 0.122. The van der Waals surface area contributed by atoms with Crippen molar-refractivity contribution < 1.29 is 13.3 Å². The van der Waals surface area contributed by atoms with E-state index < -0.39 is 0 Å². The Morgan fingerprint density at radius 2 is 0.409 bits per heavy atom. The highest BCUT2D eigenvalue weighted by atomic mass is 32.1. The first-order valence-electron chi connectivity index (χ1n) is 44.8. The van der Waals surface area contributed by atoms with Gasteiger partial charge in [-0.1, -0.05) is 382 Å². The van der Waals surface area contributed by atoms with E-state index in [0.29, 0.717) is 0 Å². The van der Waals surface area contributed by atoms with Gasteiger partial charge in [0.2, 0.25) is 0 Å². The van der Waals surface area contributed by atoms with E-state index >= 15 is 0 Å². The van der Waals surface area contributed by atoms with E-state index in [2.05, 4.69) is 443 Å². The Morgan fingerprint density at radius 3 is 0.932 bits per heavy atom. The molecule has 0 amide bonds. The molecular formula is C126H78O3S3. The zero-order valence-corrected chi connectivity index (χ0v) is 73.9. The van der Waals surface area contributed by atoms with Gasteiger partial charge in [0.05, 0.1) is 0 Å². The Hall–Kier alpha value is -16.3. The third-order valence-corrected chi connectivity index (χ3v) is 29.7. The lowest BCUT2D eigenvalue weighted by Gasteiger charge is -2.12. The summed E-state index contributed by atoms with van der Waals surface area (Å²) in [6.07, 6.45) is 0. The molecular weight excluding hydrogens is 1660 g/mol. The zero-order chi connectivity index (χ0) is 87.1. The third-order valence-electron chi connectivity index (χ3n) is 26.1. The summed E-state index contributed by atoms with van der Waals surface area (Å²) in [6.45, 7) is 0. The molecule has 0 atom stereocenters. The summed E-state index contributed by atoms with van der Waals surface area (Å²) in [6, 6.07) is 170. The second-order valence-corrected chi connectivity index (χ2v) is 37.1. The smallest absolute Gasteiger partial charge is 0.143 e. The molecule has 0 saturated heterocycles. The molecule has 0 unspecified atom stereocenters. The van der Waals surface area contributed by atoms with Gasteiger partial charge in [0.25, 0.3) is 0 Å². The first-order chi connectivity index (χ1) is 65.4. The SMILES string of the molecule is c1ccc(-c2ccc(-c3cccc(-c4cc(-c5ccc6c(c5)sc5ccccc56)c5sc6ccccc6c5c4)c3)cc2)cc1.c1ccc(-c2cccc(-c3ccc(-c4cc(-c5cccc6c5oc5ccccc56)c5oc6ccccc6c5c4)cc3)c2)cc1.c1ccc(-c2ccccc2-c2ccc(-c3cc(-c4cccc5c4sc4ccccc45)c4oc5ccccc5c4c3)cc2)cc1. The van der Waals surface area contributed by atoms with Gasteiger partial charge in [-0.25, -0.2) is 0 Å². The van der Waals surface area contributed by atoms with Crippen LogP contribution in [0, 0.1) is 0 Å². The molecule has 0 aliphatic heterocycles. The molecule has 0 bridgehead atoms. The van der Waals surface area contributed by atoms with Crippen LogP contribution >= 0.6 is 34.0 Å².